The zero-order valence-corrected chi connectivity index (χ0v) is 11.2. The van der Waals surface area contributed by atoms with E-state index in [1.807, 2.05) is 13.8 Å². The van der Waals surface area contributed by atoms with Gasteiger partial charge in [-0.15, -0.1) is 0 Å². The first-order chi connectivity index (χ1) is 8.19. The van der Waals surface area contributed by atoms with Crippen LogP contribution in [0.2, 0.25) is 0 Å². The molecule has 5 heteroatoms. The molecule has 1 aromatic rings. The smallest absolute Gasteiger partial charge is 0.221 e. The molecule has 0 aliphatic carbocycles. The Balaban J connectivity index is 2.56. The summed E-state index contributed by atoms with van der Waals surface area (Å²) in [7, 11) is 2.10. The van der Waals surface area contributed by atoms with Crippen LogP contribution in [-0.4, -0.2) is 48.2 Å². The summed E-state index contributed by atoms with van der Waals surface area (Å²) in [6, 6.07) is 0. The number of rotatable bonds is 7. The largest absolute Gasteiger partial charge is 0.478 e. The van der Waals surface area contributed by atoms with Gasteiger partial charge in [0.1, 0.15) is 12.1 Å². The molecule has 0 aromatic carbocycles. The Morgan fingerprint density at radius 2 is 2.12 bits per heavy atom. The van der Waals surface area contributed by atoms with Crippen molar-refractivity contribution in [3.8, 4) is 5.88 Å². The van der Waals surface area contributed by atoms with Gasteiger partial charge in [-0.3, -0.25) is 0 Å². The van der Waals surface area contributed by atoms with E-state index in [4.69, 9.17) is 4.74 Å². The lowest BCUT2D eigenvalue weighted by molar-refractivity contribution is 0.323. The second kappa shape index (κ2) is 7.06. The number of likely N-dealkylation sites (N-methyl/N-ethyl adjacent to an activating group) is 1. The van der Waals surface area contributed by atoms with Gasteiger partial charge in [0.25, 0.3) is 0 Å². The topological polar surface area (TPSA) is 50.3 Å². The Bertz CT molecular complexity index is 343. The van der Waals surface area contributed by atoms with Crippen LogP contribution >= 0.6 is 0 Å². The second-order valence-corrected chi connectivity index (χ2v) is 3.91. The van der Waals surface area contributed by atoms with E-state index >= 15 is 0 Å². The van der Waals surface area contributed by atoms with Crippen molar-refractivity contribution in [2.45, 2.75) is 20.8 Å². The molecule has 0 bridgehead atoms. The SMILES string of the molecule is CCOc1ncnc(NCCN(C)CC)c1C. The van der Waals surface area contributed by atoms with Crippen molar-refractivity contribution in [3.05, 3.63) is 11.9 Å². The van der Waals surface area contributed by atoms with Crippen molar-refractivity contribution >= 4 is 5.82 Å². The molecule has 17 heavy (non-hydrogen) atoms. The fourth-order valence-corrected chi connectivity index (χ4v) is 1.42. The Hall–Kier alpha value is -1.36. The van der Waals surface area contributed by atoms with Crippen LogP contribution in [-0.2, 0) is 0 Å². The first-order valence-corrected chi connectivity index (χ1v) is 6.05. The third-order valence-corrected chi connectivity index (χ3v) is 2.64. The maximum Gasteiger partial charge on any atom is 0.221 e. The van der Waals surface area contributed by atoms with Crippen LogP contribution in [0, 0.1) is 6.92 Å². The predicted molar refractivity (Wildman–Crippen MR) is 69.6 cm³/mol. The van der Waals surface area contributed by atoms with Crippen molar-refractivity contribution in [2.75, 3.05) is 38.6 Å². The van der Waals surface area contributed by atoms with E-state index in [-0.39, 0.29) is 0 Å². The zero-order valence-electron chi connectivity index (χ0n) is 11.2. The van der Waals surface area contributed by atoms with Crippen LogP contribution in [0.5, 0.6) is 5.88 Å². The van der Waals surface area contributed by atoms with Crippen LogP contribution in [0.4, 0.5) is 5.82 Å². The molecular weight excluding hydrogens is 216 g/mol. The summed E-state index contributed by atoms with van der Waals surface area (Å²) in [6.07, 6.45) is 1.53. The van der Waals surface area contributed by atoms with E-state index in [1.165, 1.54) is 6.33 Å². The van der Waals surface area contributed by atoms with Crippen LogP contribution in [0.3, 0.4) is 0 Å². The van der Waals surface area contributed by atoms with Crippen molar-refractivity contribution in [1.29, 1.82) is 0 Å². The maximum atomic E-state index is 5.42. The monoisotopic (exact) mass is 238 g/mol. The number of nitrogens with one attached hydrogen (secondary N) is 1. The molecule has 0 amide bonds. The quantitative estimate of drug-likeness (QED) is 0.781. The molecule has 0 saturated heterocycles. The summed E-state index contributed by atoms with van der Waals surface area (Å²) in [5.41, 5.74) is 0.966. The lowest BCUT2D eigenvalue weighted by atomic mass is 10.3. The average Bonchev–Trinajstić information content (AvgIpc) is 2.33. The summed E-state index contributed by atoms with van der Waals surface area (Å²) < 4.78 is 5.42. The number of hydrogen-bond acceptors (Lipinski definition) is 5. The molecule has 0 fully saturated rings. The Morgan fingerprint density at radius 1 is 1.35 bits per heavy atom. The Morgan fingerprint density at radius 3 is 2.76 bits per heavy atom. The van der Waals surface area contributed by atoms with E-state index in [0.717, 1.165) is 31.0 Å². The highest BCUT2D eigenvalue weighted by Crippen LogP contribution is 2.19. The Kier molecular flexibility index (Phi) is 5.69. The number of nitrogens with zero attached hydrogens (tertiary/aromatic N) is 3. The van der Waals surface area contributed by atoms with Gasteiger partial charge in [0.2, 0.25) is 5.88 Å². The second-order valence-electron chi connectivity index (χ2n) is 3.91. The average molecular weight is 238 g/mol. The summed E-state index contributed by atoms with van der Waals surface area (Å²) in [5.74, 6) is 1.52. The van der Waals surface area contributed by atoms with Crippen molar-refractivity contribution in [2.24, 2.45) is 0 Å². The fraction of sp³-hybridized carbons (Fsp3) is 0.667. The van der Waals surface area contributed by atoms with Gasteiger partial charge < -0.3 is 15.0 Å². The molecule has 0 atom stereocenters. The van der Waals surface area contributed by atoms with E-state index in [0.29, 0.717) is 12.5 Å². The van der Waals surface area contributed by atoms with Crippen LogP contribution in [0.1, 0.15) is 19.4 Å². The van der Waals surface area contributed by atoms with Crippen molar-refractivity contribution < 1.29 is 4.74 Å². The lowest BCUT2D eigenvalue weighted by Gasteiger charge is -2.15. The normalized spacial score (nSPS) is 10.6. The van der Waals surface area contributed by atoms with E-state index in [9.17, 15) is 0 Å². The van der Waals surface area contributed by atoms with Gasteiger partial charge >= 0.3 is 0 Å². The number of ether oxygens (including phenoxy) is 1. The highest BCUT2D eigenvalue weighted by atomic mass is 16.5. The molecule has 0 radical (unpaired) electrons. The Labute approximate surface area is 103 Å². The van der Waals surface area contributed by atoms with Gasteiger partial charge in [-0.25, -0.2) is 9.97 Å². The third-order valence-electron chi connectivity index (χ3n) is 2.64. The molecule has 1 aromatic heterocycles. The van der Waals surface area contributed by atoms with Gasteiger partial charge in [-0.05, 0) is 27.4 Å². The number of anilines is 1. The van der Waals surface area contributed by atoms with E-state index in [1.54, 1.807) is 0 Å². The predicted octanol–water partition coefficient (Wildman–Crippen LogP) is 1.55. The molecular formula is C12H22N4O. The summed E-state index contributed by atoms with van der Waals surface area (Å²) in [5, 5.41) is 3.30. The van der Waals surface area contributed by atoms with Gasteiger partial charge in [0, 0.05) is 13.1 Å². The molecule has 1 heterocycles. The fourth-order valence-electron chi connectivity index (χ4n) is 1.42. The van der Waals surface area contributed by atoms with Crippen molar-refractivity contribution in [1.82, 2.24) is 14.9 Å². The van der Waals surface area contributed by atoms with Crippen LogP contribution < -0.4 is 10.1 Å². The van der Waals surface area contributed by atoms with Crippen LogP contribution in [0.15, 0.2) is 6.33 Å². The van der Waals surface area contributed by atoms with Gasteiger partial charge in [-0.1, -0.05) is 6.92 Å². The van der Waals surface area contributed by atoms with E-state index < -0.39 is 0 Å². The van der Waals surface area contributed by atoms with Gasteiger partial charge in [0.05, 0.1) is 12.2 Å². The van der Waals surface area contributed by atoms with Gasteiger partial charge in [0.15, 0.2) is 0 Å². The minimum Gasteiger partial charge on any atom is -0.478 e. The molecule has 1 N–H and O–H groups in total. The molecule has 0 aliphatic rings. The van der Waals surface area contributed by atoms with E-state index in [2.05, 4.69) is 34.2 Å². The molecule has 0 unspecified atom stereocenters. The third kappa shape index (κ3) is 4.19. The molecule has 0 aliphatic heterocycles. The van der Waals surface area contributed by atoms with Gasteiger partial charge in [-0.2, -0.15) is 0 Å². The summed E-state index contributed by atoms with van der Waals surface area (Å²) >= 11 is 0. The highest BCUT2D eigenvalue weighted by molar-refractivity contribution is 5.47. The molecule has 96 valence electrons. The van der Waals surface area contributed by atoms with Crippen molar-refractivity contribution in [3.63, 3.8) is 0 Å². The number of aromatic nitrogens is 2. The maximum absolute atomic E-state index is 5.42. The summed E-state index contributed by atoms with van der Waals surface area (Å²) in [4.78, 5) is 10.6. The summed E-state index contributed by atoms with van der Waals surface area (Å²) in [6.45, 7) is 9.59. The number of hydrogen-bond donors (Lipinski definition) is 1. The molecule has 1 rings (SSSR count). The first-order valence-electron chi connectivity index (χ1n) is 6.05. The molecule has 5 nitrogen and oxygen atoms in total. The molecule has 0 saturated carbocycles. The first kappa shape index (κ1) is 13.7. The zero-order chi connectivity index (χ0) is 12.7. The standard InChI is InChI=1S/C12H22N4O/c1-5-16(4)8-7-13-11-10(3)12(17-6-2)15-9-14-11/h9H,5-8H2,1-4H3,(H,13,14,15). The highest BCUT2D eigenvalue weighted by Gasteiger charge is 2.07. The minimum absolute atomic E-state index is 0.621. The minimum atomic E-state index is 0.621. The molecule has 0 spiro atoms. The van der Waals surface area contributed by atoms with Crippen LogP contribution in [0.25, 0.3) is 0 Å². The lowest BCUT2D eigenvalue weighted by Crippen LogP contribution is -2.25.